The van der Waals surface area contributed by atoms with Crippen molar-refractivity contribution in [1.29, 1.82) is 0 Å². The van der Waals surface area contributed by atoms with E-state index in [0.717, 1.165) is 10.3 Å². The molecule has 2 aromatic carbocycles. The number of hydrogen-bond acceptors (Lipinski definition) is 7. The van der Waals surface area contributed by atoms with Crippen molar-refractivity contribution < 1.29 is 33.0 Å². The van der Waals surface area contributed by atoms with Gasteiger partial charge in [-0.25, -0.2) is 0 Å². The minimum atomic E-state index is -4.68. The molecule has 1 amide bonds. The van der Waals surface area contributed by atoms with Gasteiger partial charge in [-0.05, 0) is 79.1 Å². The summed E-state index contributed by atoms with van der Waals surface area (Å²) in [7, 11) is -3.13. The molecule has 0 aliphatic carbocycles. The van der Waals surface area contributed by atoms with Gasteiger partial charge in [0.1, 0.15) is 5.75 Å². The van der Waals surface area contributed by atoms with Gasteiger partial charge >= 0.3 is 13.6 Å². The molecule has 1 heterocycles. The number of ether oxygens (including phenoxy) is 2. The van der Waals surface area contributed by atoms with E-state index >= 15 is 0 Å². The molecule has 0 aliphatic rings. The lowest BCUT2D eigenvalue weighted by Gasteiger charge is -2.22. The van der Waals surface area contributed by atoms with Crippen LogP contribution in [0.4, 0.5) is 0 Å². The van der Waals surface area contributed by atoms with Crippen molar-refractivity contribution in [2.45, 2.75) is 26.4 Å². The Hall–Kier alpha value is -2.68. The Morgan fingerprint density at radius 3 is 2.67 bits per heavy atom. The number of rotatable bonds is 9. The van der Waals surface area contributed by atoms with Crippen LogP contribution in [0.15, 0.2) is 54.0 Å². The summed E-state index contributed by atoms with van der Waals surface area (Å²) in [6.45, 7) is 4.14. The Morgan fingerprint density at radius 2 is 1.97 bits per heavy atom. The van der Waals surface area contributed by atoms with E-state index in [9.17, 15) is 19.0 Å². The van der Waals surface area contributed by atoms with Crippen molar-refractivity contribution in [3.8, 4) is 5.75 Å². The van der Waals surface area contributed by atoms with Gasteiger partial charge in [0, 0.05) is 15.9 Å². The molecule has 0 saturated heterocycles. The third kappa shape index (κ3) is 6.96. The van der Waals surface area contributed by atoms with Gasteiger partial charge in [-0.3, -0.25) is 18.7 Å². The van der Waals surface area contributed by atoms with Gasteiger partial charge in [0.25, 0.3) is 0 Å². The van der Waals surface area contributed by atoms with Gasteiger partial charge in [0.2, 0.25) is 12.7 Å². The normalized spacial score (nSPS) is 14.4. The molecule has 0 fully saturated rings. The predicted molar refractivity (Wildman–Crippen MR) is 141 cm³/mol. The molecule has 0 saturated carbocycles. The molecule has 36 heavy (non-hydrogen) atoms. The van der Waals surface area contributed by atoms with Crippen molar-refractivity contribution in [2.24, 2.45) is 5.41 Å². The Balaban J connectivity index is 1.88. The fraction of sp³-hybridized carbons (Fsp3) is 0.280. The average molecular weight is 552 g/mol. The highest BCUT2D eigenvalue weighted by molar-refractivity contribution is 7.54. The molecule has 2 unspecified atom stereocenters. The molecule has 0 spiro atoms. The number of nitrogens with one attached hydrogen (secondary N) is 1. The zero-order chi connectivity index (χ0) is 26.5. The number of carbonyl (C=O) groups excluding carboxylic acids is 2. The molecule has 3 rings (SSSR count). The van der Waals surface area contributed by atoms with E-state index in [1.54, 1.807) is 81.8 Å². The van der Waals surface area contributed by atoms with E-state index in [2.05, 4.69) is 5.32 Å². The lowest BCUT2D eigenvalue weighted by atomic mass is 9.98. The lowest BCUT2D eigenvalue weighted by Crippen LogP contribution is -2.27. The quantitative estimate of drug-likeness (QED) is 0.187. The van der Waals surface area contributed by atoms with Crippen LogP contribution in [-0.2, 0) is 23.4 Å². The van der Waals surface area contributed by atoms with Gasteiger partial charge in [-0.2, -0.15) is 0 Å². The molecule has 3 aromatic rings. The van der Waals surface area contributed by atoms with Crippen molar-refractivity contribution in [3.05, 3.63) is 70.2 Å². The van der Waals surface area contributed by atoms with Gasteiger partial charge in [0.15, 0.2) is 5.66 Å². The number of methoxy groups -OCH3 is 1. The first-order valence-electron chi connectivity index (χ1n) is 10.8. The molecule has 0 bridgehead atoms. The molecular formula is C25H27ClNO7PS. The molecular weight excluding hydrogens is 525 g/mol. The maximum atomic E-state index is 13.3. The van der Waals surface area contributed by atoms with E-state index in [4.69, 9.17) is 25.6 Å². The second kappa shape index (κ2) is 11.6. The summed E-state index contributed by atoms with van der Waals surface area (Å²) < 4.78 is 29.4. The van der Waals surface area contributed by atoms with E-state index in [1.807, 2.05) is 0 Å². The van der Waals surface area contributed by atoms with Gasteiger partial charge in [-0.15, -0.1) is 11.3 Å². The highest BCUT2D eigenvalue weighted by Crippen LogP contribution is 2.58. The third-order valence-corrected chi connectivity index (χ3v) is 7.93. The number of benzene rings is 2. The Kier molecular flexibility index (Phi) is 8.98. The van der Waals surface area contributed by atoms with Gasteiger partial charge in [0.05, 0.1) is 12.5 Å². The average Bonchev–Trinajstić information content (AvgIpc) is 3.20. The number of esters is 1. The molecule has 0 aliphatic heterocycles. The zero-order valence-corrected chi connectivity index (χ0v) is 22.7. The lowest BCUT2D eigenvalue weighted by molar-refractivity contribution is -0.159. The van der Waals surface area contributed by atoms with Gasteiger partial charge in [-0.1, -0.05) is 23.7 Å². The van der Waals surface area contributed by atoms with Crippen molar-refractivity contribution in [3.63, 3.8) is 0 Å². The largest absolute Gasteiger partial charge is 0.497 e. The highest BCUT2D eigenvalue weighted by atomic mass is 35.5. The topological polar surface area (TPSA) is 111 Å². The second-order valence-corrected chi connectivity index (χ2v) is 12.1. The second-order valence-electron chi connectivity index (χ2n) is 8.85. The summed E-state index contributed by atoms with van der Waals surface area (Å²) in [5, 5.41) is 5.13. The van der Waals surface area contributed by atoms with Crippen molar-refractivity contribution in [1.82, 2.24) is 5.32 Å². The zero-order valence-electron chi connectivity index (χ0n) is 20.2. The fourth-order valence-corrected chi connectivity index (χ4v) is 5.72. The molecule has 2 N–H and O–H groups in total. The van der Waals surface area contributed by atoms with Crippen LogP contribution < -0.4 is 10.1 Å². The van der Waals surface area contributed by atoms with E-state index in [0.29, 0.717) is 16.2 Å². The maximum absolute atomic E-state index is 13.3. The van der Waals surface area contributed by atoms with Crippen LogP contribution >= 0.6 is 30.5 Å². The molecule has 192 valence electrons. The SMILES string of the molecule is COc1cccc(C=CNC(=O)C(c2csc3ccc(Cl)cc23)P(=O)(O)OCOC(=O)C(C)(C)C)c1. The van der Waals surface area contributed by atoms with Crippen LogP contribution in [0.25, 0.3) is 16.2 Å². The molecule has 11 heteroatoms. The number of carbonyl (C=O) groups is 2. The first-order chi connectivity index (χ1) is 16.9. The molecule has 1 aromatic heterocycles. The Bertz CT molecular complexity index is 1330. The number of hydrogen-bond donors (Lipinski definition) is 2. The molecule has 8 nitrogen and oxygen atoms in total. The predicted octanol–water partition coefficient (Wildman–Crippen LogP) is 6.14. The first kappa shape index (κ1) is 27.9. The van der Waals surface area contributed by atoms with Crippen LogP contribution in [0.2, 0.25) is 5.02 Å². The van der Waals surface area contributed by atoms with Crippen LogP contribution in [0.3, 0.4) is 0 Å². The van der Waals surface area contributed by atoms with E-state index < -0.39 is 37.3 Å². The monoisotopic (exact) mass is 551 g/mol. The summed E-state index contributed by atoms with van der Waals surface area (Å²) >= 11 is 7.44. The summed E-state index contributed by atoms with van der Waals surface area (Å²) in [6.07, 6.45) is 2.99. The van der Waals surface area contributed by atoms with Crippen molar-refractivity contribution in [2.75, 3.05) is 13.9 Å². The maximum Gasteiger partial charge on any atom is 0.347 e. The van der Waals surface area contributed by atoms with Crippen molar-refractivity contribution >= 4 is 58.6 Å². The van der Waals surface area contributed by atoms with Crippen LogP contribution in [-0.4, -0.2) is 30.7 Å². The number of fused-ring (bicyclic) bond motifs is 1. The summed E-state index contributed by atoms with van der Waals surface area (Å²) in [5.41, 5.74) is -1.41. The Labute approximate surface area is 218 Å². The smallest absolute Gasteiger partial charge is 0.347 e. The molecule has 0 radical (unpaired) electrons. The summed E-state index contributed by atoms with van der Waals surface area (Å²) in [4.78, 5) is 36.1. The summed E-state index contributed by atoms with van der Waals surface area (Å²) in [6, 6.07) is 12.2. The highest BCUT2D eigenvalue weighted by Gasteiger charge is 2.42. The van der Waals surface area contributed by atoms with Crippen LogP contribution in [0.1, 0.15) is 37.6 Å². The number of amides is 1. The van der Waals surface area contributed by atoms with E-state index in [-0.39, 0.29) is 5.56 Å². The van der Waals surface area contributed by atoms with Gasteiger partial charge < -0.3 is 19.7 Å². The molecule has 2 atom stereocenters. The Morgan fingerprint density at radius 1 is 1.22 bits per heavy atom. The first-order valence-corrected chi connectivity index (χ1v) is 13.7. The van der Waals surface area contributed by atoms with E-state index in [1.165, 1.54) is 17.5 Å². The van der Waals surface area contributed by atoms with Crippen LogP contribution in [0.5, 0.6) is 5.75 Å². The van der Waals surface area contributed by atoms with Crippen LogP contribution in [0, 0.1) is 5.41 Å². The number of thiophene rings is 1. The summed E-state index contributed by atoms with van der Waals surface area (Å²) in [5.74, 6) is -0.750. The fourth-order valence-electron chi connectivity index (χ4n) is 3.19. The third-order valence-electron chi connectivity index (χ3n) is 5.07. The standard InChI is InChI=1S/C25H27ClNO7PS/c1-25(2,3)24(29)33-15-34-35(30,31)22(20-14-36-21-9-8-17(26)13-19(20)21)23(28)27-11-10-16-6-5-7-18(12-16)32-4/h5-14,22H,15H2,1-4H3,(H,27,28)(H,30,31). The number of halogens is 1. The minimum absolute atomic E-state index is 0.276. The minimum Gasteiger partial charge on any atom is -0.497 e.